The van der Waals surface area contributed by atoms with Crippen LogP contribution in [0.4, 0.5) is 5.69 Å². The Bertz CT molecular complexity index is 881. The van der Waals surface area contributed by atoms with Gasteiger partial charge in [0.25, 0.3) is 5.91 Å². The number of carbonyl (C=O) groups is 1. The van der Waals surface area contributed by atoms with Crippen LogP contribution in [0.5, 0.6) is 5.88 Å². The second-order valence-electron chi connectivity index (χ2n) is 5.16. The van der Waals surface area contributed by atoms with Crippen LogP contribution >= 0.6 is 0 Å². The van der Waals surface area contributed by atoms with E-state index in [-0.39, 0.29) is 5.91 Å². The van der Waals surface area contributed by atoms with E-state index >= 15 is 0 Å². The lowest BCUT2D eigenvalue weighted by molar-refractivity contribution is 0.0976. The summed E-state index contributed by atoms with van der Waals surface area (Å²) in [5.41, 5.74) is 3.24. The van der Waals surface area contributed by atoms with E-state index in [9.17, 15) is 4.79 Å². The fourth-order valence-electron chi connectivity index (χ4n) is 2.83. The molecule has 0 unspecified atom stereocenters. The summed E-state index contributed by atoms with van der Waals surface area (Å²) in [6.45, 7) is 2.78. The minimum atomic E-state index is -0.125. The van der Waals surface area contributed by atoms with Gasteiger partial charge in [-0.2, -0.15) is 20.5 Å². The number of nitrogens with one attached hydrogen (secondary N) is 1. The van der Waals surface area contributed by atoms with Crippen molar-refractivity contribution in [2.75, 3.05) is 18.1 Å². The number of hydrogen-bond donors (Lipinski definition) is 1. The van der Waals surface area contributed by atoms with Gasteiger partial charge in [-0.05, 0) is 19.1 Å². The lowest BCUT2D eigenvalue weighted by Crippen LogP contribution is -2.38. The van der Waals surface area contributed by atoms with Crippen molar-refractivity contribution >= 4 is 22.6 Å². The largest absolute Gasteiger partial charge is 0.474 e. The highest BCUT2D eigenvalue weighted by Gasteiger charge is 2.31. The first-order valence-corrected chi connectivity index (χ1v) is 6.94. The lowest BCUT2D eigenvalue weighted by atomic mass is 10.1. The Kier molecular flexibility index (Phi) is 2.65. The summed E-state index contributed by atoms with van der Waals surface area (Å²) in [6, 6.07) is 5.37. The van der Waals surface area contributed by atoms with E-state index in [4.69, 9.17) is 4.74 Å². The third-order valence-electron chi connectivity index (χ3n) is 3.79. The molecule has 0 bridgehead atoms. The Morgan fingerprint density at radius 1 is 1.36 bits per heavy atom. The lowest BCUT2D eigenvalue weighted by Gasteiger charge is -2.27. The Morgan fingerprint density at radius 2 is 2.23 bits per heavy atom. The van der Waals surface area contributed by atoms with Gasteiger partial charge in [0.2, 0.25) is 5.88 Å². The van der Waals surface area contributed by atoms with Gasteiger partial charge in [-0.3, -0.25) is 9.69 Å². The zero-order chi connectivity index (χ0) is 15.3. The predicted molar refractivity (Wildman–Crippen MR) is 79.0 cm³/mol. The van der Waals surface area contributed by atoms with Gasteiger partial charge in [0.1, 0.15) is 23.3 Å². The molecule has 1 amide bonds. The number of hydrogen-bond acceptors (Lipinski definition) is 5. The Labute approximate surface area is 125 Å². The molecule has 3 aromatic rings. The highest BCUT2D eigenvalue weighted by molar-refractivity contribution is 6.13. The van der Waals surface area contributed by atoms with Gasteiger partial charge in [-0.15, -0.1) is 0 Å². The molecule has 0 fully saturated rings. The Morgan fingerprint density at radius 3 is 3.09 bits per heavy atom. The summed E-state index contributed by atoms with van der Waals surface area (Å²) in [5.74, 6) is 0.490. The fourth-order valence-corrected chi connectivity index (χ4v) is 2.83. The van der Waals surface area contributed by atoms with Gasteiger partial charge in [0.05, 0.1) is 17.8 Å². The van der Waals surface area contributed by atoms with Crippen LogP contribution in [0.3, 0.4) is 0 Å². The van der Waals surface area contributed by atoms with Crippen LogP contribution in [0.1, 0.15) is 16.1 Å². The summed E-state index contributed by atoms with van der Waals surface area (Å²) >= 11 is 0. The number of amides is 1. The molecular formula is C14H14N6O2. The topological polar surface area (TPSA) is 88.9 Å². The predicted octanol–water partition coefficient (Wildman–Crippen LogP) is 1.04. The van der Waals surface area contributed by atoms with Crippen LogP contribution in [-0.4, -0.2) is 44.3 Å². The van der Waals surface area contributed by atoms with Gasteiger partial charge in [0, 0.05) is 7.05 Å². The Balaban J connectivity index is 1.84. The monoisotopic (exact) mass is 298 g/mol. The van der Waals surface area contributed by atoms with Crippen molar-refractivity contribution in [1.29, 1.82) is 0 Å². The number of para-hydroxylation sites is 1. The van der Waals surface area contributed by atoms with Gasteiger partial charge < -0.3 is 4.74 Å². The van der Waals surface area contributed by atoms with E-state index in [0.29, 0.717) is 35.6 Å². The van der Waals surface area contributed by atoms with E-state index in [1.54, 1.807) is 28.8 Å². The Hall–Kier alpha value is -2.90. The molecule has 8 heteroatoms. The minimum absolute atomic E-state index is 0.125. The van der Waals surface area contributed by atoms with Crippen LogP contribution in [-0.2, 0) is 7.05 Å². The van der Waals surface area contributed by atoms with Crippen LogP contribution in [0.2, 0.25) is 0 Å². The molecule has 3 heterocycles. The SMILES string of the molecule is Cc1nn(C)c2c1N(C(=O)c1cccc3n[nH]nc13)CCO2. The van der Waals surface area contributed by atoms with E-state index in [1.165, 1.54) is 0 Å². The zero-order valence-electron chi connectivity index (χ0n) is 12.2. The van der Waals surface area contributed by atoms with Crippen LogP contribution in [0.15, 0.2) is 18.2 Å². The van der Waals surface area contributed by atoms with E-state index in [0.717, 1.165) is 11.4 Å². The molecule has 1 N–H and O–H groups in total. The maximum Gasteiger partial charge on any atom is 0.260 e. The molecule has 1 aliphatic rings. The molecule has 0 radical (unpaired) electrons. The third-order valence-corrected chi connectivity index (χ3v) is 3.79. The quantitative estimate of drug-likeness (QED) is 0.725. The first-order valence-electron chi connectivity index (χ1n) is 6.94. The first-order chi connectivity index (χ1) is 10.7. The minimum Gasteiger partial charge on any atom is -0.474 e. The van der Waals surface area contributed by atoms with Crippen molar-refractivity contribution in [1.82, 2.24) is 25.2 Å². The number of benzene rings is 1. The van der Waals surface area contributed by atoms with E-state index in [2.05, 4.69) is 20.5 Å². The maximum absolute atomic E-state index is 13.0. The molecule has 22 heavy (non-hydrogen) atoms. The summed E-state index contributed by atoms with van der Waals surface area (Å²) in [6.07, 6.45) is 0. The number of ether oxygens (including phenoxy) is 1. The second-order valence-corrected chi connectivity index (χ2v) is 5.16. The molecule has 1 aliphatic heterocycles. The number of H-pyrrole nitrogens is 1. The first kappa shape index (κ1) is 12.8. The van der Waals surface area contributed by atoms with E-state index in [1.807, 2.05) is 13.0 Å². The van der Waals surface area contributed by atoms with Crippen LogP contribution in [0, 0.1) is 6.92 Å². The van der Waals surface area contributed by atoms with Crippen molar-refractivity contribution in [2.45, 2.75) is 6.92 Å². The summed E-state index contributed by atoms with van der Waals surface area (Å²) in [5, 5.41) is 15.0. The molecule has 2 aromatic heterocycles. The molecule has 8 nitrogen and oxygen atoms in total. The maximum atomic E-state index is 13.0. The third kappa shape index (κ3) is 1.70. The number of aromatic nitrogens is 5. The summed E-state index contributed by atoms with van der Waals surface area (Å²) < 4.78 is 7.29. The average molecular weight is 298 g/mol. The van der Waals surface area contributed by atoms with Crippen molar-refractivity contribution in [2.24, 2.45) is 7.05 Å². The molecule has 0 saturated carbocycles. The molecule has 0 saturated heterocycles. The molecule has 0 atom stereocenters. The molecule has 4 rings (SSSR count). The molecular weight excluding hydrogens is 284 g/mol. The second kappa shape index (κ2) is 4.55. The van der Waals surface area contributed by atoms with Crippen molar-refractivity contribution in [3.05, 3.63) is 29.5 Å². The van der Waals surface area contributed by atoms with Crippen LogP contribution in [0.25, 0.3) is 11.0 Å². The number of nitrogens with zero attached hydrogens (tertiary/aromatic N) is 5. The number of carbonyl (C=O) groups excluding carboxylic acids is 1. The van der Waals surface area contributed by atoms with Gasteiger partial charge in [-0.1, -0.05) is 6.07 Å². The number of fused-ring (bicyclic) bond motifs is 2. The van der Waals surface area contributed by atoms with Gasteiger partial charge in [0.15, 0.2) is 0 Å². The number of aryl methyl sites for hydroxylation is 2. The highest BCUT2D eigenvalue weighted by atomic mass is 16.5. The van der Waals surface area contributed by atoms with Crippen molar-refractivity contribution in [3.8, 4) is 5.88 Å². The normalized spacial score (nSPS) is 14.0. The number of aromatic amines is 1. The summed E-state index contributed by atoms with van der Waals surface area (Å²) in [7, 11) is 1.80. The van der Waals surface area contributed by atoms with Crippen molar-refractivity contribution < 1.29 is 9.53 Å². The molecule has 0 aliphatic carbocycles. The smallest absolute Gasteiger partial charge is 0.260 e. The molecule has 0 spiro atoms. The number of rotatable bonds is 1. The van der Waals surface area contributed by atoms with Crippen molar-refractivity contribution in [3.63, 3.8) is 0 Å². The fraction of sp³-hybridized carbons (Fsp3) is 0.286. The number of anilines is 1. The average Bonchev–Trinajstić information content (AvgIpc) is 3.11. The standard InChI is InChI=1S/C14H14N6O2/c1-8-12-14(19(2)17-8)22-7-6-20(12)13(21)9-4-3-5-10-11(9)16-18-15-10/h3-5H,6-7H2,1-2H3,(H,15,16,18). The van der Waals surface area contributed by atoms with Gasteiger partial charge in [-0.25, -0.2) is 4.68 Å². The highest BCUT2D eigenvalue weighted by Crippen LogP contribution is 2.35. The van der Waals surface area contributed by atoms with E-state index < -0.39 is 0 Å². The molecule has 112 valence electrons. The summed E-state index contributed by atoms with van der Waals surface area (Å²) in [4.78, 5) is 14.7. The van der Waals surface area contributed by atoms with Crippen LogP contribution < -0.4 is 9.64 Å². The molecule has 1 aromatic carbocycles. The van der Waals surface area contributed by atoms with Gasteiger partial charge >= 0.3 is 0 Å². The zero-order valence-corrected chi connectivity index (χ0v) is 12.2.